The molecule has 86 valence electrons. The van der Waals surface area contributed by atoms with E-state index < -0.39 is 14.6 Å². The first-order valence-electron chi connectivity index (χ1n) is 5.56. The molecular formula is C13H16O2S. The first kappa shape index (κ1) is 11.4. The lowest BCUT2D eigenvalue weighted by molar-refractivity contribution is 0.554. The maximum absolute atomic E-state index is 12.5. The van der Waals surface area contributed by atoms with Gasteiger partial charge < -0.3 is 0 Å². The molecule has 3 heteroatoms. The van der Waals surface area contributed by atoms with Crippen LogP contribution in [0.3, 0.4) is 0 Å². The van der Waals surface area contributed by atoms with Crippen LogP contribution in [0.1, 0.15) is 25.7 Å². The number of hydrogen-bond donors (Lipinski definition) is 0. The third-order valence-electron chi connectivity index (χ3n) is 3.41. The molecule has 1 saturated carbocycles. The van der Waals surface area contributed by atoms with Gasteiger partial charge in [0.25, 0.3) is 0 Å². The van der Waals surface area contributed by atoms with Crippen molar-refractivity contribution in [2.75, 3.05) is 0 Å². The summed E-state index contributed by atoms with van der Waals surface area (Å²) in [6.45, 7) is 3.73. The Balaban J connectivity index is 2.50. The van der Waals surface area contributed by atoms with Crippen LogP contribution < -0.4 is 0 Å². The molecule has 0 spiro atoms. The second-order valence-corrected chi connectivity index (χ2v) is 6.58. The fraction of sp³-hybridized carbons (Fsp3) is 0.385. The molecule has 0 unspecified atom stereocenters. The highest BCUT2D eigenvalue weighted by molar-refractivity contribution is 7.93. The van der Waals surface area contributed by atoms with Crippen molar-refractivity contribution in [3.63, 3.8) is 0 Å². The van der Waals surface area contributed by atoms with Gasteiger partial charge in [-0.3, -0.25) is 0 Å². The summed E-state index contributed by atoms with van der Waals surface area (Å²) in [5.41, 5.74) is 0. The molecule has 1 aliphatic rings. The first-order valence-corrected chi connectivity index (χ1v) is 7.04. The van der Waals surface area contributed by atoms with Crippen LogP contribution in [-0.2, 0) is 9.84 Å². The highest BCUT2D eigenvalue weighted by Gasteiger charge is 2.44. The van der Waals surface area contributed by atoms with Gasteiger partial charge in [-0.2, -0.15) is 0 Å². The smallest absolute Gasteiger partial charge is 0.187 e. The number of hydrogen-bond acceptors (Lipinski definition) is 2. The van der Waals surface area contributed by atoms with E-state index in [1.807, 2.05) is 6.07 Å². The largest absolute Gasteiger partial charge is 0.223 e. The van der Waals surface area contributed by atoms with Gasteiger partial charge in [0.05, 0.1) is 9.64 Å². The molecule has 0 N–H and O–H groups in total. The van der Waals surface area contributed by atoms with E-state index in [0.717, 1.165) is 12.8 Å². The predicted molar refractivity (Wildman–Crippen MR) is 65.0 cm³/mol. The van der Waals surface area contributed by atoms with Crippen LogP contribution in [0, 0.1) is 0 Å². The molecule has 0 bridgehead atoms. The topological polar surface area (TPSA) is 34.1 Å². The fourth-order valence-corrected chi connectivity index (χ4v) is 4.42. The zero-order chi connectivity index (χ0) is 11.6. The second-order valence-electron chi connectivity index (χ2n) is 4.29. The third-order valence-corrected chi connectivity index (χ3v) is 5.95. The van der Waals surface area contributed by atoms with Gasteiger partial charge in [0.2, 0.25) is 0 Å². The van der Waals surface area contributed by atoms with E-state index in [1.54, 1.807) is 30.3 Å². The van der Waals surface area contributed by atoms with E-state index in [4.69, 9.17) is 0 Å². The zero-order valence-electron chi connectivity index (χ0n) is 9.22. The molecule has 0 heterocycles. The van der Waals surface area contributed by atoms with Crippen molar-refractivity contribution < 1.29 is 8.42 Å². The van der Waals surface area contributed by atoms with Crippen molar-refractivity contribution in [3.05, 3.63) is 43.0 Å². The summed E-state index contributed by atoms with van der Waals surface area (Å²) < 4.78 is 24.3. The molecule has 2 nitrogen and oxygen atoms in total. The lowest BCUT2D eigenvalue weighted by Gasteiger charge is -2.24. The summed E-state index contributed by atoms with van der Waals surface area (Å²) in [7, 11) is -3.27. The minimum atomic E-state index is -3.27. The molecule has 0 atom stereocenters. The first-order chi connectivity index (χ1) is 7.62. The third kappa shape index (κ3) is 1.59. The summed E-state index contributed by atoms with van der Waals surface area (Å²) >= 11 is 0. The van der Waals surface area contributed by atoms with E-state index in [-0.39, 0.29) is 0 Å². The van der Waals surface area contributed by atoms with Crippen molar-refractivity contribution >= 4 is 9.84 Å². The summed E-state index contributed by atoms with van der Waals surface area (Å²) in [5.74, 6) is 0. The van der Waals surface area contributed by atoms with E-state index in [0.29, 0.717) is 17.7 Å². The van der Waals surface area contributed by atoms with Crippen LogP contribution >= 0.6 is 0 Å². The van der Waals surface area contributed by atoms with E-state index >= 15 is 0 Å². The van der Waals surface area contributed by atoms with Crippen molar-refractivity contribution in [2.45, 2.75) is 35.3 Å². The molecule has 1 aromatic rings. The van der Waals surface area contributed by atoms with E-state index in [1.165, 1.54) is 0 Å². The standard InChI is InChI=1S/C13H16O2S/c1-2-13(10-6-7-11-13)16(14,15)12-8-4-3-5-9-12/h2-5,8-9H,1,6-7,10-11H2. The maximum atomic E-state index is 12.5. The molecule has 2 rings (SSSR count). The van der Waals surface area contributed by atoms with E-state index in [2.05, 4.69) is 6.58 Å². The van der Waals surface area contributed by atoms with Gasteiger partial charge in [0.1, 0.15) is 0 Å². The Morgan fingerprint density at radius 3 is 2.19 bits per heavy atom. The molecule has 1 aromatic carbocycles. The van der Waals surface area contributed by atoms with Gasteiger partial charge >= 0.3 is 0 Å². The summed E-state index contributed by atoms with van der Waals surface area (Å²) in [5, 5.41) is 0. The Hall–Kier alpha value is -1.09. The summed E-state index contributed by atoms with van der Waals surface area (Å²) in [6.07, 6.45) is 4.97. The van der Waals surface area contributed by atoms with Crippen LogP contribution in [0.15, 0.2) is 47.9 Å². The van der Waals surface area contributed by atoms with Gasteiger partial charge in [-0.25, -0.2) is 8.42 Å². The van der Waals surface area contributed by atoms with Crippen molar-refractivity contribution in [3.8, 4) is 0 Å². The molecule has 0 radical (unpaired) electrons. The average molecular weight is 236 g/mol. The van der Waals surface area contributed by atoms with Gasteiger partial charge in [0.15, 0.2) is 9.84 Å². The molecule has 0 amide bonds. The molecular weight excluding hydrogens is 220 g/mol. The van der Waals surface area contributed by atoms with Gasteiger partial charge in [-0.1, -0.05) is 37.1 Å². The minimum Gasteiger partial charge on any atom is -0.223 e. The van der Waals surface area contributed by atoms with Gasteiger partial charge in [-0.15, -0.1) is 6.58 Å². The Kier molecular flexibility index (Phi) is 2.89. The molecule has 0 aliphatic heterocycles. The minimum absolute atomic E-state index is 0.414. The average Bonchev–Trinajstić information content (AvgIpc) is 2.80. The number of sulfone groups is 1. The second kappa shape index (κ2) is 4.06. The number of rotatable bonds is 3. The van der Waals surface area contributed by atoms with Crippen LogP contribution in [0.25, 0.3) is 0 Å². The molecule has 1 aliphatic carbocycles. The Labute approximate surface area is 96.9 Å². The highest BCUT2D eigenvalue weighted by atomic mass is 32.2. The van der Waals surface area contributed by atoms with Crippen LogP contribution in [0.2, 0.25) is 0 Å². The van der Waals surface area contributed by atoms with Crippen molar-refractivity contribution in [1.29, 1.82) is 0 Å². The molecule has 0 saturated heterocycles. The Bertz CT molecular complexity index is 468. The SMILES string of the molecule is C=CC1(S(=O)(=O)c2ccccc2)CCCC1. The van der Waals surface area contributed by atoms with Gasteiger partial charge in [0, 0.05) is 0 Å². The highest BCUT2D eigenvalue weighted by Crippen LogP contribution is 2.41. The van der Waals surface area contributed by atoms with Crippen LogP contribution in [0.5, 0.6) is 0 Å². The Morgan fingerprint density at radius 2 is 1.69 bits per heavy atom. The van der Waals surface area contributed by atoms with Crippen molar-refractivity contribution in [1.82, 2.24) is 0 Å². The summed E-state index contributed by atoms with van der Waals surface area (Å²) in [6, 6.07) is 8.68. The summed E-state index contributed by atoms with van der Waals surface area (Å²) in [4.78, 5) is 0.414. The monoisotopic (exact) mass is 236 g/mol. The quantitative estimate of drug-likeness (QED) is 0.756. The van der Waals surface area contributed by atoms with E-state index in [9.17, 15) is 8.42 Å². The fourth-order valence-electron chi connectivity index (χ4n) is 2.39. The lowest BCUT2D eigenvalue weighted by atomic mass is 10.1. The maximum Gasteiger partial charge on any atom is 0.187 e. The molecule has 1 fully saturated rings. The van der Waals surface area contributed by atoms with Crippen LogP contribution in [0.4, 0.5) is 0 Å². The Morgan fingerprint density at radius 1 is 1.12 bits per heavy atom. The normalized spacial score (nSPS) is 19.5. The zero-order valence-corrected chi connectivity index (χ0v) is 10.0. The van der Waals surface area contributed by atoms with Crippen molar-refractivity contribution in [2.24, 2.45) is 0 Å². The van der Waals surface area contributed by atoms with Gasteiger partial charge in [-0.05, 0) is 25.0 Å². The predicted octanol–water partition coefficient (Wildman–Crippen LogP) is 2.96. The number of benzene rings is 1. The molecule has 16 heavy (non-hydrogen) atoms. The molecule has 0 aromatic heterocycles. The lowest BCUT2D eigenvalue weighted by Crippen LogP contribution is -2.33. The van der Waals surface area contributed by atoms with Crippen LogP contribution in [-0.4, -0.2) is 13.2 Å².